The van der Waals surface area contributed by atoms with Gasteiger partial charge in [-0.25, -0.2) is 0 Å². The molecule has 0 saturated carbocycles. The molecule has 0 fully saturated rings. The molecule has 0 aliphatic carbocycles. The monoisotopic (exact) mass is 547 g/mol. The summed E-state index contributed by atoms with van der Waals surface area (Å²) in [6, 6.07) is 51.7. The van der Waals surface area contributed by atoms with Crippen LogP contribution in [0.3, 0.4) is 0 Å². The first kappa shape index (κ1) is 24.2. The minimum atomic E-state index is 1.18. The Bertz CT molecular complexity index is 2460. The van der Waals surface area contributed by atoms with E-state index >= 15 is 0 Å². The number of para-hydroxylation sites is 2. The van der Waals surface area contributed by atoms with Crippen LogP contribution in [-0.4, -0.2) is 4.57 Å². The molecule has 8 aromatic carbocycles. The third kappa shape index (κ3) is 3.52. The maximum Gasteiger partial charge on any atom is 0.0541 e. The third-order valence-electron chi connectivity index (χ3n) is 9.35. The van der Waals surface area contributed by atoms with Gasteiger partial charge in [0.15, 0.2) is 0 Å². The van der Waals surface area contributed by atoms with E-state index in [-0.39, 0.29) is 0 Å². The fraction of sp³-hybridized carbons (Fsp3) is 0.0476. The van der Waals surface area contributed by atoms with Crippen molar-refractivity contribution in [2.75, 3.05) is 0 Å². The lowest BCUT2D eigenvalue weighted by Gasteiger charge is -2.17. The summed E-state index contributed by atoms with van der Waals surface area (Å²) in [5, 5.41) is 10.5. The second kappa shape index (κ2) is 9.05. The van der Waals surface area contributed by atoms with Gasteiger partial charge in [0.2, 0.25) is 0 Å². The zero-order valence-corrected chi connectivity index (χ0v) is 24.2. The summed E-state index contributed by atoms with van der Waals surface area (Å²) in [6.45, 7) is 4.39. The molecule has 0 unspecified atom stereocenters. The zero-order valence-electron chi connectivity index (χ0n) is 24.2. The molecule has 0 N–H and O–H groups in total. The summed E-state index contributed by atoms with van der Waals surface area (Å²) >= 11 is 0. The smallest absolute Gasteiger partial charge is 0.0541 e. The van der Waals surface area contributed by atoms with Gasteiger partial charge in [-0.1, -0.05) is 121 Å². The van der Waals surface area contributed by atoms with Crippen LogP contribution < -0.4 is 0 Å². The summed E-state index contributed by atoms with van der Waals surface area (Å²) in [5.41, 5.74) is 11.4. The molecule has 0 atom stereocenters. The highest BCUT2D eigenvalue weighted by molar-refractivity contribution is 6.27. The highest BCUT2D eigenvalue weighted by Crippen LogP contribution is 2.43. The topological polar surface area (TPSA) is 4.93 Å². The number of benzene rings is 8. The second-order valence-electron chi connectivity index (χ2n) is 11.9. The van der Waals surface area contributed by atoms with Crippen LogP contribution in [0.25, 0.3) is 82.1 Å². The van der Waals surface area contributed by atoms with E-state index in [1.807, 2.05) is 0 Å². The van der Waals surface area contributed by atoms with Crippen molar-refractivity contribution < 1.29 is 0 Å². The second-order valence-corrected chi connectivity index (χ2v) is 11.9. The van der Waals surface area contributed by atoms with Gasteiger partial charge in [-0.05, 0) is 98.2 Å². The summed E-state index contributed by atoms with van der Waals surface area (Å²) < 4.78 is 2.38. The standard InChI is InChI=1S/C42H29N/c1-26-11-20-32(27(2)25-26)34-22-15-30-16-23-37-33(21-14-29-17-24-38(34)42(30)41(29)37)28-12-18-31(19-13-28)43-39-9-5-3-7-35(39)36-8-4-6-10-40(36)43/h3-25H,1-2H3. The van der Waals surface area contributed by atoms with Gasteiger partial charge >= 0.3 is 0 Å². The number of hydrogen-bond donors (Lipinski definition) is 0. The fourth-order valence-electron chi connectivity index (χ4n) is 7.39. The summed E-state index contributed by atoms with van der Waals surface area (Å²) in [4.78, 5) is 0. The molecule has 0 bridgehead atoms. The fourth-order valence-corrected chi connectivity index (χ4v) is 7.39. The number of aryl methyl sites for hydroxylation is 2. The Morgan fingerprint density at radius 3 is 1.58 bits per heavy atom. The average Bonchev–Trinajstić information content (AvgIpc) is 3.38. The molecule has 1 heterocycles. The van der Waals surface area contributed by atoms with Crippen molar-refractivity contribution in [3.05, 3.63) is 151 Å². The summed E-state index contributed by atoms with van der Waals surface area (Å²) in [6.07, 6.45) is 0. The highest BCUT2D eigenvalue weighted by atomic mass is 15.0. The van der Waals surface area contributed by atoms with Crippen molar-refractivity contribution in [1.82, 2.24) is 4.57 Å². The maximum absolute atomic E-state index is 2.38. The van der Waals surface area contributed by atoms with Gasteiger partial charge < -0.3 is 4.57 Å². The van der Waals surface area contributed by atoms with Crippen molar-refractivity contribution in [1.29, 1.82) is 0 Å². The van der Waals surface area contributed by atoms with Crippen LogP contribution in [0.5, 0.6) is 0 Å². The maximum atomic E-state index is 2.38. The molecule has 202 valence electrons. The Morgan fingerprint density at radius 2 is 0.953 bits per heavy atom. The van der Waals surface area contributed by atoms with Crippen LogP contribution in [0, 0.1) is 13.8 Å². The lowest BCUT2D eigenvalue weighted by molar-refractivity contribution is 1.18. The molecule has 0 amide bonds. The summed E-state index contributed by atoms with van der Waals surface area (Å²) in [5.74, 6) is 0. The molecule has 0 spiro atoms. The predicted molar refractivity (Wildman–Crippen MR) is 185 cm³/mol. The zero-order chi connectivity index (χ0) is 28.7. The van der Waals surface area contributed by atoms with Crippen LogP contribution in [0.1, 0.15) is 11.1 Å². The first-order chi connectivity index (χ1) is 21.2. The van der Waals surface area contributed by atoms with Crippen LogP contribution >= 0.6 is 0 Å². The molecule has 0 aliphatic heterocycles. The molecular weight excluding hydrogens is 518 g/mol. The molecule has 9 rings (SSSR count). The number of hydrogen-bond acceptors (Lipinski definition) is 0. The lowest BCUT2D eigenvalue weighted by atomic mass is 9.86. The van der Waals surface area contributed by atoms with Gasteiger partial charge in [0.05, 0.1) is 11.0 Å². The molecule has 1 heteroatoms. The third-order valence-corrected chi connectivity index (χ3v) is 9.35. The normalized spacial score (nSPS) is 12.0. The highest BCUT2D eigenvalue weighted by Gasteiger charge is 2.16. The van der Waals surface area contributed by atoms with E-state index in [0.29, 0.717) is 0 Å². The molecular formula is C42H29N. The minimum Gasteiger partial charge on any atom is -0.309 e. The number of aromatic nitrogens is 1. The molecule has 0 radical (unpaired) electrons. The SMILES string of the molecule is Cc1ccc(-c2ccc3ccc4c(-c5ccc(-n6c7ccccc7c7ccccc76)cc5)ccc5ccc2c3c54)c(C)c1. The van der Waals surface area contributed by atoms with E-state index < -0.39 is 0 Å². The Kier molecular flexibility index (Phi) is 5.10. The van der Waals surface area contributed by atoms with Gasteiger partial charge in [-0.3, -0.25) is 0 Å². The molecule has 1 aromatic heterocycles. The van der Waals surface area contributed by atoms with E-state index in [1.165, 1.54) is 93.2 Å². The van der Waals surface area contributed by atoms with E-state index in [1.54, 1.807) is 0 Å². The largest absolute Gasteiger partial charge is 0.309 e. The van der Waals surface area contributed by atoms with Crippen molar-refractivity contribution in [3.63, 3.8) is 0 Å². The lowest BCUT2D eigenvalue weighted by Crippen LogP contribution is -1.94. The van der Waals surface area contributed by atoms with Crippen molar-refractivity contribution in [3.8, 4) is 27.9 Å². The van der Waals surface area contributed by atoms with Crippen LogP contribution in [0.4, 0.5) is 0 Å². The number of rotatable bonds is 3. The van der Waals surface area contributed by atoms with E-state index in [9.17, 15) is 0 Å². The average molecular weight is 548 g/mol. The summed E-state index contributed by atoms with van der Waals surface area (Å²) in [7, 11) is 0. The molecule has 0 aliphatic rings. The predicted octanol–water partition coefficient (Wildman–Crippen LogP) is 11.6. The van der Waals surface area contributed by atoms with Gasteiger partial charge in [0.1, 0.15) is 0 Å². The molecule has 0 saturated heterocycles. The first-order valence-electron chi connectivity index (χ1n) is 15.0. The van der Waals surface area contributed by atoms with Crippen molar-refractivity contribution >= 4 is 54.1 Å². The van der Waals surface area contributed by atoms with Gasteiger partial charge in [-0.2, -0.15) is 0 Å². The van der Waals surface area contributed by atoms with Crippen LogP contribution in [0.2, 0.25) is 0 Å². The quantitative estimate of drug-likeness (QED) is 0.194. The molecule has 9 aromatic rings. The van der Waals surface area contributed by atoms with E-state index in [2.05, 4.69) is 158 Å². The first-order valence-corrected chi connectivity index (χ1v) is 15.0. The molecule has 43 heavy (non-hydrogen) atoms. The Labute approximate surface area is 250 Å². The van der Waals surface area contributed by atoms with E-state index in [0.717, 1.165) is 0 Å². The van der Waals surface area contributed by atoms with Crippen molar-refractivity contribution in [2.45, 2.75) is 13.8 Å². The number of fused-ring (bicyclic) bond motifs is 3. The number of nitrogens with zero attached hydrogens (tertiary/aromatic N) is 1. The van der Waals surface area contributed by atoms with Crippen LogP contribution in [0.15, 0.2) is 140 Å². The van der Waals surface area contributed by atoms with Crippen molar-refractivity contribution in [2.24, 2.45) is 0 Å². The Hall–Kier alpha value is -5.40. The van der Waals surface area contributed by atoms with Gasteiger partial charge in [0, 0.05) is 16.5 Å². The van der Waals surface area contributed by atoms with Gasteiger partial charge in [0.25, 0.3) is 0 Å². The Morgan fingerprint density at radius 1 is 0.419 bits per heavy atom. The van der Waals surface area contributed by atoms with Gasteiger partial charge in [-0.15, -0.1) is 0 Å². The Balaban J connectivity index is 1.23. The van der Waals surface area contributed by atoms with E-state index in [4.69, 9.17) is 0 Å². The van der Waals surface area contributed by atoms with Crippen LogP contribution in [-0.2, 0) is 0 Å². The minimum absolute atomic E-state index is 1.18. The molecule has 1 nitrogen and oxygen atoms in total.